The van der Waals surface area contributed by atoms with Crippen molar-refractivity contribution >= 4 is 17.5 Å². The number of rotatable bonds is 6. The van der Waals surface area contributed by atoms with E-state index in [4.69, 9.17) is 5.73 Å². The Balaban J connectivity index is 2.27. The number of anilines is 1. The van der Waals surface area contributed by atoms with Crippen LogP contribution in [0.2, 0.25) is 0 Å². The van der Waals surface area contributed by atoms with Crippen molar-refractivity contribution in [1.29, 1.82) is 0 Å². The molecule has 6 nitrogen and oxygen atoms in total. The van der Waals surface area contributed by atoms with Gasteiger partial charge < -0.3 is 16.4 Å². The first-order valence-corrected chi connectivity index (χ1v) is 6.25. The molecule has 0 aliphatic heterocycles. The Morgan fingerprint density at radius 3 is 2.63 bits per heavy atom. The van der Waals surface area contributed by atoms with Gasteiger partial charge in [-0.3, -0.25) is 9.59 Å². The van der Waals surface area contributed by atoms with Gasteiger partial charge in [-0.15, -0.1) is 0 Å². The summed E-state index contributed by atoms with van der Waals surface area (Å²) in [5, 5.41) is 5.41. The zero-order chi connectivity index (χ0) is 14.3. The van der Waals surface area contributed by atoms with E-state index in [2.05, 4.69) is 15.6 Å². The molecule has 2 amide bonds. The Bertz CT molecular complexity index is 429. The molecule has 4 N–H and O–H groups in total. The number of nitrogen functional groups attached to an aromatic ring is 1. The summed E-state index contributed by atoms with van der Waals surface area (Å²) in [4.78, 5) is 27.0. The van der Waals surface area contributed by atoms with Crippen LogP contribution in [0.4, 0.5) is 5.69 Å². The van der Waals surface area contributed by atoms with Crippen LogP contribution in [0.25, 0.3) is 0 Å². The van der Waals surface area contributed by atoms with Crippen molar-refractivity contribution in [3.8, 4) is 0 Å². The second-order valence-corrected chi connectivity index (χ2v) is 4.68. The maximum absolute atomic E-state index is 11.7. The Morgan fingerprint density at radius 1 is 1.32 bits per heavy atom. The topological polar surface area (TPSA) is 97.1 Å². The SMILES string of the molecule is CC(C)CNC(=O)CCNC(=O)c1ccc(N)cn1. The quantitative estimate of drug-likeness (QED) is 0.699. The predicted molar refractivity (Wildman–Crippen MR) is 73.4 cm³/mol. The maximum Gasteiger partial charge on any atom is 0.269 e. The highest BCUT2D eigenvalue weighted by Crippen LogP contribution is 2.00. The number of nitrogens with zero attached hydrogens (tertiary/aromatic N) is 1. The third-order valence-electron chi connectivity index (χ3n) is 2.36. The molecule has 1 aromatic heterocycles. The number of carbonyl (C=O) groups excluding carboxylic acids is 2. The zero-order valence-corrected chi connectivity index (χ0v) is 11.3. The zero-order valence-electron chi connectivity index (χ0n) is 11.3. The molecule has 0 aliphatic carbocycles. The van der Waals surface area contributed by atoms with Crippen molar-refractivity contribution in [3.63, 3.8) is 0 Å². The number of nitrogens with two attached hydrogens (primary N) is 1. The maximum atomic E-state index is 11.7. The lowest BCUT2D eigenvalue weighted by Crippen LogP contribution is -2.32. The molecule has 104 valence electrons. The highest BCUT2D eigenvalue weighted by molar-refractivity contribution is 5.92. The van der Waals surface area contributed by atoms with Crippen molar-refractivity contribution in [2.24, 2.45) is 5.92 Å². The molecule has 0 saturated heterocycles. The van der Waals surface area contributed by atoms with Gasteiger partial charge in [0, 0.05) is 19.5 Å². The van der Waals surface area contributed by atoms with E-state index in [-0.39, 0.29) is 30.5 Å². The smallest absolute Gasteiger partial charge is 0.269 e. The first-order valence-electron chi connectivity index (χ1n) is 6.25. The summed E-state index contributed by atoms with van der Waals surface area (Å²) in [5.41, 5.74) is 6.27. The Kier molecular flexibility index (Phi) is 5.78. The summed E-state index contributed by atoms with van der Waals surface area (Å²) in [6.07, 6.45) is 1.68. The van der Waals surface area contributed by atoms with Crippen LogP contribution in [0.3, 0.4) is 0 Å². The van der Waals surface area contributed by atoms with Crippen LogP contribution >= 0.6 is 0 Å². The van der Waals surface area contributed by atoms with Crippen molar-refractivity contribution in [2.45, 2.75) is 20.3 Å². The Labute approximate surface area is 112 Å². The molecule has 0 atom stereocenters. The minimum absolute atomic E-state index is 0.0701. The van der Waals surface area contributed by atoms with Crippen LogP contribution in [-0.2, 0) is 4.79 Å². The van der Waals surface area contributed by atoms with Crippen molar-refractivity contribution in [3.05, 3.63) is 24.0 Å². The van der Waals surface area contributed by atoms with Crippen LogP contribution in [-0.4, -0.2) is 29.9 Å². The predicted octanol–water partition coefficient (Wildman–Crippen LogP) is 0.556. The minimum Gasteiger partial charge on any atom is -0.397 e. The van der Waals surface area contributed by atoms with Crippen molar-refractivity contribution in [2.75, 3.05) is 18.8 Å². The lowest BCUT2D eigenvalue weighted by atomic mass is 10.2. The van der Waals surface area contributed by atoms with E-state index in [1.165, 1.54) is 6.20 Å². The summed E-state index contributed by atoms with van der Waals surface area (Å²) in [6.45, 7) is 4.98. The lowest BCUT2D eigenvalue weighted by molar-refractivity contribution is -0.121. The summed E-state index contributed by atoms with van der Waals surface area (Å²) < 4.78 is 0. The van der Waals surface area contributed by atoms with Crippen LogP contribution in [0.15, 0.2) is 18.3 Å². The van der Waals surface area contributed by atoms with Gasteiger partial charge in [0.15, 0.2) is 0 Å². The second-order valence-electron chi connectivity index (χ2n) is 4.68. The summed E-state index contributed by atoms with van der Waals surface area (Å²) >= 11 is 0. The molecule has 0 aromatic carbocycles. The number of amides is 2. The van der Waals surface area contributed by atoms with Gasteiger partial charge in [0.1, 0.15) is 5.69 Å². The highest BCUT2D eigenvalue weighted by Gasteiger charge is 2.07. The van der Waals surface area contributed by atoms with E-state index < -0.39 is 0 Å². The van der Waals surface area contributed by atoms with Crippen molar-refractivity contribution < 1.29 is 9.59 Å². The molecular formula is C13H20N4O2. The standard InChI is InChI=1S/C13H20N4O2/c1-9(2)7-17-12(18)5-6-15-13(19)11-4-3-10(14)8-16-11/h3-4,8-9H,5-7,14H2,1-2H3,(H,15,19)(H,17,18). The average molecular weight is 264 g/mol. The third kappa shape index (κ3) is 5.85. The molecular weight excluding hydrogens is 244 g/mol. The second kappa shape index (κ2) is 7.35. The van der Waals surface area contributed by atoms with Crippen molar-refractivity contribution in [1.82, 2.24) is 15.6 Å². The average Bonchev–Trinajstić information content (AvgIpc) is 2.37. The third-order valence-corrected chi connectivity index (χ3v) is 2.36. The van der Waals surface area contributed by atoms with Crippen LogP contribution in [0.1, 0.15) is 30.8 Å². The van der Waals surface area contributed by atoms with Gasteiger partial charge in [0.05, 0.1) is 11.9 Å². The Hall–Kier alpha value is -2.11. The molecule has 1 aromatic rings. The molecule has 0 spiro atoms. The van der Waals surface area contributed by atoms with E-state index in [0.29, 0.717) is 18.2 Å². The fourth-order valence-electron chi connectivity index (χ4n) is 1.33. The molecule has 0 bridgehead atoms. The number of hydrogen-bond acceptors (Lipinski definition) is 4. The number of pyridine rings is 1. The number of carbonyl (C=O) groups is 2. The first-order chi connectivity index (χ1) is 8.99. The van der Waals surface area contributed by atoms with E-state index in [1.54, 1.807) is 12.1 Å². The van der Waals surface area contributed by atoms with Gasteiger partial charge in [-0.1, -0.05) is 13.8 Å². The molecule has 19 heavy (non-hydrogen) atoms. The summed E-state index contributed by atoms with van der Waals surface area (Å²) in [6, 6.07) is 3.15. The van der Waals surface area contributed by atoms with Gasteiger partial charge >= 0.3 is 0 Å². The van der Waals surface area contributed by atoms with Gasteiger partial charge in [-0.2, -0.15) is 0 Å². The van der Waals surface area contributed by atoms with Crippen LogP contribution < -0.4 is 16.4 Å². The minimum atomic E-state index is -0.309. The molecule has 0 fully saturated rings. The van der Waals surface area contributed by atoms with Gasteiger partial charge in [0.25, 0.3) is 5.91 Å². The summed E-state index contributed by atoms with van der Waals surface area (Å²) in [5.74, 6) is 0.0356. The first kappa shape index (κ1) is 14.9. The van der Waals surface area contributed by atoms with E-state index in [1.807, 2.05) is 13.8 Å². The van der Waals surface area contributed by atoms with E-state index >= 15 is 0 Å². The normalized spacial score (nSPS) is 10.3. The molecule has 1 heterocycles. The summed E-state index contributed by atoms with van der Waals surface area (Å²) in [7, 11) is 0. The fraction of sp³-hybridized carbons (Fsp3) is 0.462. The van der Waals surface area contributed by atoms with E-state index in [0.717, 1.165) is 0 Å². The molecule has 6 heteroatoms. The van der Waals surface area contributed by atoms with Crippen LogP contribution in [0, 0.1) is 5.92 Å². The van der Waals surface area contributed by atoms with Gasteiger partial charge in [-0.25, -0.2) is 4.98 Å². The van der Waals surface area contributed by atoms with Gasteiger partial charge in [0.2, 0.25) is 5.91 Å². The van der Waals surface area contributed by atoms with Crippen LogP contribution in [0.5, 0.6) is 0 Å². The van der Waals surface area contributed by atoms with Gasteiger partial charge in [-0.05, 0) is 18.1 Å². The highest BCUT2D eigenvalue weighted by atomic mass is 16.2. The monoisotopic (exact) mass is 264 g/mol. The number of aromatic nitrogens is 1. The molecule has 0 saturated carbocycles. The molecule has 0 radical (unpaired) electrons. The molecule has 0 unspecified atom stereocenters. The largest absolute Gasteiger partial charge is 0.397 e. The molecule has 1 rings (SSSR count). The number of hydrogen-bond donors (Lipinski definition) is 3. The van der Waals surface area contributed by atoms with E-state index in [9.17, 15) is 9.59 Å². The fourth-order valence-corrected chi connectivity index (χ4v) is 1.33. The number of nitrogens with one attached hydrogen (secondary N) is 2. The lowest BCUT2D eigenvalue weighted by Gasteiger charge is -2.08. The molecule has 0 aliphatic rings. The Morgan fingerprint density at radius 2 is 2.05 bits per heavy atom.